The lowest BCUT2D eigenvalue weighted by molar-refractivity contribution is 0.104. The van der Waals surface area contributed by atoms with Crippen LogP contribution in [0.3, 0.4) is 0 Å². The minimum absolute atomic E-state index is 0.0786. The summed E-state index contributed by atoms with van der Waals surface area (Å²) >= 11 is 1.52. The molecule has 1 heterocycles. The first-order valence-corrected chi connectivity index (χ1v) is 10.3. The summed E-state index contributed by atoms with van der Waals surface area (Å²) in [5.41, 5.74) is 2.81. The van der Waals surface area contributed by atoms with Crippen LogP contribution < -0.4 is 4.74 Å². The summed E-state index contributed by atoms with van der Waals surface area (Å²) in [5.74, 6) is 0.854. The second kappa shape index (κ2) is 7.61. The quantitative estimate of drug-likeness (QED) is 0.358. The van der Waals surface area contributed by atoms with Gasteiger partial charge in [-0.3, -0.25) is 4.79 Å². The maximum atomic E-state index is 12.7. The van der Waals surface area contributed by atoms with E-state index in [2.05, 4.69) is 30.3 Å². The average Bonchev–Trinajstić information content (AvgIpc) is 3.08. The number of Topliss-reactive ketones (excluding diaryl/α,β-unsaturated/α-hetero) is 1. The van der Waals surface area contributed by atoms with Crippen LogP contribution in [0.1, 0.15) is 21.5 Å². The molecule has 4 aromatic carbocycles. The van der Waals surface area contributed by atoms with Crippen molar-refractivity contribution in [2.24, 2.45) is 0 Å². The van der Waals surface area contributed by atoms with Gasteiger partial charge in [0.15, 0.2) is 0 Å². The second-order valence-corrected chi connectivity index (χ2v) is 8.03. The van der Waals surface area contributed by atoms with Crippen LogP contribution in [0.4, 0.5) is 0 Å². The van der Waals surface area contributed by atoms with E-state index in [1.54, 1.807) is 0 Å². The van der Waals surface area contributed by atoms with Crippen molar-refractivity contribution >= 4 is 34.4 Å². The van der Waals surface area contributed by atoms with E-state index in [4.69, 9.17) is 4.74 Å². The number of ether oxygens (including phenoxy) is 1. The molecular weight excluding hydrogens is 376 g/mol. The fourth-order valence-corrected chi connectivity index (χ4v) is 4.54. The van der Waals surface area contributed by atoms with Gasteiger partial charge in [-0.2, -0.15) is 0 Å². The summed E-state index contributed by atoms with van der Waals surface area (Å²) in [6, 6.07) is 30.3. The lowest BCUT2D eigenvalue weighted by Crippen LogP contribution is -1.98. The minimum Gasteiger partial charge on any atom is -0.488 e. The highest BCUT2D eigenvalue weighted by Crippen LogP contribution is 2.41. The molecule has 0 aromatic heterocycles. The van der Waals surface area contributed by atoms with Crippen molar-refractivity contribution < 1.29 is 9.53 Å². The molecule has 140 valence electrons. The van der Waals surface area contributed by atoms with Gasteiger partial charge in [0.25, 0.3) is 0 Å². The average molecular weight is 394 g/mol. The molecule has 0 atom stereocenters. The SMILES string of the molecule is O=C1/C(=C\c2ccccc2OCc2ccc3ccccc3c2)Sc2ccccc21. The van der Waals surface area contributed by atoms with Crippen LogP contribution in [-0.4, -0.2) is 5.78 Å². The van der Waals surface area contributed by atoms with Gasteiger partial charge in [0, 0.05) is 16.0 Å². The zero-order valence-corrected chi connectivity index (χ0v) is 16.5. The zero-order chi connectivity index (χ0) is 19.6. The molecule has 0 spiro atoms. The second-order valence-electron chi connectivity index (χ2n) is 6.94. The topological polar surface area (TPSA) is 26.3 Å². The number of carbonyl (C=O) groups excluding carboxylic acids is 1. The summed E-state index contributed by atoms with van der Waals surface area (Å²) in [6.45, 7) is 0.479. The number of para-hydroxylation sites is 1. The molecule has 1 aliphatic heterocycles. The van der Waals surface area contributed by atoms with E-state index in [0.717, 1.165) is 32.2 Å². The predicted molar refractivity (Wildman–Crippen MR) is 119 cm³/mol. The van der Waals surface area contributed by atoms with Crippen LogP contribution in [0.2, 0.25) is 0 Å². The van der Waals surface area contributed by atoms with Crippen LogP contribution in [0.25, 0.3) is 16.8 Å². The highest BCUT2D eigenvalue weighted by atomic mass is 32.2. The molecule has 4 aromatic rings. The van der Waals surface area contributed by atoms with Crippen LogP contribution in [0, 0.1) is 0 Å². The number of rotatable bonds is 4. The van der Waals surface area contributed by atoms with Crippen molar-refractivity contribution in [1.29, 1.82) is 0 Å². The number of benzene rings is 4. The Kier molecular flexibility index (Phi) is 4.66. The molecule has 29 heavy (non-hydrogen) atoms. The maximum Gasteiger partial charge on any atom is 0.200 e. The number of allylic oxidation sites excluding steroid dienone is 1. The Morgan fingerprint density at radius 3 is 2.45 bits per heavy atom. The van der Waals surface area contributed by atoms with E-state index in [9.17, 15) is 4.79 Å². The molecule has 1 aliphatic rings. The lowest BCUT2D eigenvalue weighted by Gasteiger charge is -2.10. The molecule has 5 rings (SSSR count). The monoisotopic (exact) mass is 394 g/mol. The van der Waals surface area contributed by atoms with Gasteiger partial charge in [-0.05, 0) is 46.7 Å². The maximum absolute atomic E-state index is 12.7. The molecule has 0 unspecified atom stereocenters. The van der Waals surface area contributed by atoms with Crippen molar-refractivity contribution in [3.05, 3.63) is 113 Å². The molecule has 0 bridgehead atoms. The Bertz CT molecular complexity index is 1260. The lowest BCUT2D eigenvalue weighted by atomic mass is 10.1. The molecule has 0 N–H and O–H groups in total. The number of hydrogen-bond donors (Lipinski definition) is 0. The number of fused-ring (bicyclic) bond motifs is 2. The van der Waals surface area contributed by atoms with Gasteiger partial charge in [0.05, 0.1) is 4.91 Å². The largest absolute Gasteiger partial charge is 0.488 e. The van der Waals surface area contributed by atoms with Gasteiger partial charge in [-0.15, -0.1) is 0 Å². The van der Waals surface area contributed by atoms with Crippen molar-refractivity contribution in [2.45, 2.75) is 11.5 Å². The summed E-state index contributed by atoms with van der Waals surface area (Å²) in [4.78, 5) is 14.4. The standard InChI is InChI=1S/C26H18O2S/c27-26-22-10-4-6-12-24(22)29-25(26)16-21-9-3-5-11-23(21)28-17-18-13-14-19-7-1-2-8-20(19)15-18/h1-16H,17H2/b25-16+. The Hall–Kier alpha value is -3.30. The van der Waals surface area contributed by atoms with E-state index >= 15 is 0 Å². The van der Waals surface area contributed by atoms with Crippen molar-refractivity contribution in [1.82, 2.24) is 0 Å². The van der Waals surface area contributed by atoms with E-state index in [-0.39, 0.29) is 5.78 Å². The van der Waals surface area contributed by atoms with Gasteiger partial charge < -0.3 is 4.74 Å². The Morgan fingerprint density at radius 1 is 0.793 bits per heavy atom. The predicted octanol–water partition coefficient (Wildman–Crippen LogP) is 6.75. The molecular formula is C26H18O2S. The third kappa shape index (κ3) is 3.57. The van der Waals surface area contributed by atoms with Crippen molar-refractivity contribution in [3.63, 3.8) is 0 Å². The Morgan fingerprint density at radius 2 is 1.55 bits per heavy atom. The summed E-state index contributed by atoms with van der Waals surface area (Å²) in [5, 5.41) is 2.42. The number of carbonyl (C=O) groups is 1. The van der Waals surface area contributed by atoms with Gasteiger partial charge in [0.2, 0.25) is 5.78 Å². The van der Waals surface area contributed by atoms with Gasteiger partial charge in [0.1, 0.15) is 12.4 Å². The molecule has 0 radical (unpaired) electrons. The van der Waals surface area contributed by atoms with Gasteiger partial charge >= 0.3 is 0 Å². The molecule has 2 nitrogen and oxygen atoms in total. The van der Waals surface area contributed by atoms with Crippen LogP contribution in [0.5, 0.6) is 5.75 Å². The first kappa shape index (κ1) is 17.8. The van der Waals surface area contributed by atoms with Crippen LogP contribution in [0.15, 0.2) is 101 Å². The van der Waals surface area contributed by atoms with Crippen LogP contribution in [-0.2, 0) is 6.61 Å². The Labute approximate surface area is 173 Å². The number of thioether (sulfide) groups is 1. The summed E-state index contributed by atoms with van der Waals surface area (Å²) in [6.07, 6.45) is 1.93. The Balaban J connectivity index is 1.39. The van der Waals surface area contributed by atoms with Gasteiger partial charge in [-0.25, -0.2) is 0 Å². The fraction of sp³-hybridized carbons (Fsp3) is 0.0385. The smallest absolute Gasteiger partial charge is 0.200 e. The summed E-state index contributed by atoms with van der Waals surface area (Å²) in [7, 11) is 0. The van der Waals surface area contributed by atoms with E-state index in [1.165, 1.54) is 22.5 Å². The molecule has 0 fully saturated rings. The molecule has 0 saturated carbocycles. The molecule has 3 heteroatoms. The van der Waals surface area contributed by atoms with E-state index in [1.807, 2.05) is 66.7 Å². The van der Waals surface area contributed by atoms with Crippen molar-refractivity contribution in [2.75, 3.05) is 0 Å². The first-order chi connectivity index (χ1) is 14.3. The van der Waals surface area contributed by atoms with Gasteiger partial charge in [-0.1, -0.05) is 78.5 Å². The third-order valence-corrected chi connectivity index (χ3v) is 6.09. The number of hydrogen-bond acceptors (Lipinski definition) is 3. The highest BCUT2D eigenvalue weighted by molar-refractivity contribution is 8.04. The highest BCUT2D eigenvalue weighted by Gasteiger charge is 2.25. The van der Waals surface area contributed by atoms with E-state index < -0.39 is 0 Å². The van der Waals surface area contributed by atoms with Crippen LogP contribution >= 0.6 is 11.8 Å². The zero-order valence-electron chi connectivity index (χ0n) is 15.7. The fourth-order valence-electron chi connectivity index (χ4n) is 3.50. The van der Waals surface area contributed by atoms with E-state index in [0.29, 0.717) is 6.61 Å². The van der Waals surface area contributed by atoms with Crippen molar-refractivity contribution in [3.8, 4) is 5.75 Å². The molecule has 0 aliphatic carbocycles. The summed E-state index contributed by atoms with van der Waals surface area (Å²) < 4.78 is 6.13. The normalized spacial score (nSPS) is 14.3. The number of ketones is 1. The third-order valence-electron chi connectivity index (χ3n) is 4.99. The first-order valence-electron chi connectivity index (χ1n) is 9.51. The molecule has 0 saturated heterocycles. The molecule has 0 amide bonds. The minimum atomic E-state index is 0.0786.